The van der Waals surface area contributed by atoms with Crippen molar-refractivity contribution in [2.45, 2.75) is 51.1 Å². The molecule has 3 N–H and O–H groups in total. The molecule has 0 bridgehead atoms. The molecule has 2 fully saturated rings. The number of hydrogen-bond acceptors (Lipinski definition) is 10. The maximum atomic E-state index is 13.8. The molecule has 0 aromatic carbocycles. The fourth-order valence-electron chi connectivity index (χ4n) is 4.01. The first kappa shape index (κ1) is 24.9. The SMILES string of the molecule is CC1C(CC(C)(C)O)OC(=O)N1c1cc(-c2cnc(N)nc2C(F)(F)F)nc(N2CCOCC2)n1. The van der Waals surface area contributed by atoms with Crippen molar-refractivity contribution in [3.63, 3.8) is 0 Å². The van der Waals surface area contributed by atoms with Gasteiger partial charge in [-0.15, -0.1) is 0 Å². The summed E-state index contributed by atoms with van der Waals surface area (Å²) in [6.07, 6.45) is -5.10. The number of anilines is 3. The highest BCUT2D eigenvalue weighted by atomic mass is 19.4. The van der Waals surface area contributed by atoms with Crippen molar-refractivity contribution in [1.29, 1.82) is 0 Å². The number of halogens is 3. The average molecular weight is 497 g/mol. The molecule has 2 aliphatic heterocycles. The summed E-state index contributed by atoms with van der Waals surface area (Å²) in [5.74, 6) is -0.358. The Morgan fingerprint density at radius 2 is 1.89 bits per heavy atom. The Bertz CT molecular complexity index is 1100. The molecule has 2 atom stereocenters. The molecule has 2 aliphatic rings. The van der Waals surface area contributed by atoms with E-state index in [1.807, 2.05) is 0 Å². The minimum absolute atomic E-state index is 0.0530. The van der Waals surface area contributed by atoms with Crippen molar-refractivity contribution >= 4 is 23.8 Å². The van der Waals surface area contributed by atoms with Gasteiger partial charge in [0.05, 0.1) is 30.6 Å². The first-order chi connectivity index (χ1) is 16.3. The van der Waals surface area contributed by atoms with Crippen molar-refractivity contribution in [2.24, 2.45) is 0 Å². The number of aliphatic hydroxyl groups is 1. The quantitative estimate of drug-likeness (QED) is 0.632. The van der Waals surface area contributed by atoms with Crippen LogP contribution in [0.2, 0.25) is 0 Å². The van der Waals surface area contributed by atoms with E-state index in [1.165, 1.54) is 11.0 Å². The summed E-state index contributed by atoms with van der Waals surface area (Å²) < 4.78 is 52.1. The zero-order valence-corrected chi connectivity index (χ0v) is 19.4. The number of hydrogen-bond donors (Lipinski definition) is 2. The van der Waals surface area contributed by atoms with Crippen LogP contribution in [0.15, 0.2) is 12.3 Å². The van der Waals surface area contributed by atoms with Gasteiger partial charge < -0.3 is 25.2 Å². The van der Waals surface area contributed by atoms with Gasteiger partial charge in [-0.3, -0.25) is 4.90 Å². The number of nitrogen functional groups attached to an aromatic ring is 1. The number of rotatable bonds is 5. The van der Waals surface area contributed by atoms with Crippen LogP contribution in [0.3, 0.4) is 0 Å². The lowest BCUT2D eigenvalue weighted by Crippen LogP contribution is -2.39. The number of carbonyl (C=O) groups excluding carboxylic acids is 1. The van der Waals surface area contributed by atoms with Crippen LogP contribution < -0.4 is 15.5 Å². The molecule has 0 aliphatic carbocycles. The van der Waals surface area contributed by atoms with E-state index in [9.17, 15) is 23.1 Å². The Hall–Kier alpha value is -3.26. The minimum atomic E-state index is -4.83. The molecule has 2 unspecified atom stereocenters. The molecule has 2 saturated heterocycles. The second-order valence-corrected chi connectivity index (χ2v) is 9.05. The van der Waals surface area contributed by atoms with Crippen molar-refractivity contribution in [2.75, 3.05) is 41.8 Å². The van der Waals surface area contributed by atoms with Crippen LogP contribution in [0, 0.1) is 0 Å². The Kier molecular flexibility index (Phi) is 6.44. The molecule has 4 rings (SSSR count). The largest absolute Gasteiger partial charge is 0.443 e. The van der Waals surface area contributed by atoms with Gasteiger partial charge in [-0.2, -0.15) is 18.2 Å². The molecule has 4 heterocycles. The molecule has 14 heteroatoms. The first-order valence-electron chi connectivity index (χ1n) is 11.0. The summed E-state index contributed by atoms with van der Waals surface area (Å²) in [5, 5.41) is 10.2. The molecule has 0 spiro atoms. The Balaban J connectivity index is 1.82. The maximum Gasteiger partial charge on any atom is 0.434 e. The zero-order chi connectivity index (χ0) is 25.5. The van der Waals surface area contributed by atoms with E-state index in [1.54, 1.807) is 25.7 Å². The van der Waals surface area contributed by atoms with Crippen LogP contribution in [-0.2, 0) is 15.7 Å². The normalized spacial score (nSPS) is 21.4. The highest BCUT2D eigenvalue weighted by molar-refractivity contribution is 5.90. The lowest BCUT2D eigenvalue weighted by Gasteiger charge is -2.29. The number of aromatic nitrogens is 4. The number of amides is 1. The van der Waals surface area contributed by atoms with E-state index < -0.39 is 47.2 Å². The fraction of sp³-hybridized carbons (Fsp3) is 0.571. The average Bonchev–Trinajstić information content (AvgIpc) is 3.04. The molecule has 0 saturated carbocycles. The molecule has 1 amide bonds. The highest BCUT2D eigenvalue weighted by Gasteiger charge is 2.43. The Morgan fingerprint density at radius 3 is 2.51 bits per heavy atom. The standard InChI is InChI=1S/C21H26F3N7O4/c1-11-14(9-20(2,3)33)35-19(32)31(11)15-8-13(27-18(28-15)30-4-6-34-7-5-30)12-10-26-17(25)29-16(12)21(22,23)24/h8,10-11,14,33H,4-7,9H2,1-3H3,(H2,25,26,29). The Morgan fingerprint density at radius 1 is 1.20 bits per heavy atom. The predicted octanol–water partition coefficient (Wildman–Crippen LogP) is 2.25. The number of ether oxygens (including phenoxy) is 2. The van der Waals surface area contributed by atoms with Crippen molar-refractivity contribution < 1.29 is 32.5 Å². The molecular weight excluding hydrogens is 471 g/mol. The van der Waals surface area contributed by atoms with Crippen LogP contribution in [0.1, 0.15) is 32.9 Å². The van der Waals surface area contributed by atoms with E-state index in [0.717, 1.165) is 6.20 Å². The predicted molar refractivity (Wildman–Crippen MR) is 119 cm³/mol. The van der Waals surface area contributed by atoms with Gasteiger partial charge in [-0.1, -0.05) is 0 Å². The van der Waals surface area contributed by atoms with Crippen LogP contribution in [0.25, 0.3) is 11.3 Å². The monoisotopic (exact) mass is 497 g/mol. The highest BCUT2D eigenvalue weighted by Crippen LogP contribution is 2.38. The van der Waals surface area contributed by atoms with E-state index in [-0.39, 0.29) is 23.9 Å². The summed E-state index contributed by atoms with van der Waals surface area (Å²) in [6, 6.07) is 0.706. The van der Waals surface area contributed by atoms with Crippen molar-refractivity contribution in [3.8, 4) is 11.3 Å². The molecule has 2 aromatic rings. The van der Waals surface area contributed by atoms with Crippen LogP contribution >= 0.6 is 0 Å². The van der Waals surface area contributed by atoms with Gasteiger partial charge in [0.1, 0.15) is 11.9 Å². The lowest BCUT2D eigenvalue weighted by molar-refractivity contribution is -0.140. The van der Waals surface area contributed by atoms with E-state index >= 15 is 0 Å². The second-order valence-electron chi connectivity index (χ2n) is 9.05. The third kappa shape index (κ3) is 5.37. The fourth-order valence-corrected chi connectivity index (χ4v) is 4.01. The van der Waals surface area contributed by atoms with Gasteiger partial charge >= 0.3 is 12.3 Å². The molecule has 11 nitrogen and oxygen atoms in total. The topological polar surface area (TPSA) is 140 Å². The number of cyclic esters (lactones) is 1. The number of carbonyl (C=O) groups is 1. The summed E-state index contributed by atoms with van der Waals surface area (Å²) in [5.41, 5.74) is 2.53. The number of morpholine rings is 1. The number of nitrogens with two attached hydrogens (primary N) is 1. The maximum absolute atomic E-state index is 13.8. The summed E-state index contributed by atoms with van der Waals surface area (Å²) >= 11 is 0. The molecule has 0 radical (unpaired) electrons. The van der Waals surface area contributed by atoms with E-state index in [4.69, 9.17) is 15.2 Å². The molecular formula is C21H26F3N7O4. The zero-order valence-electron chi connectivity index (χ0n) is 19.4. The van der Waals surface area contributed by atoms with Gasteiger partial charge in [0.15, 0.2) is 5.69 Å². The summed E-state index contributed by atoms with van der Waals surface area (Å²) in [6.45, 7) is 6.49. The lowest BCUT2D eigenvalue weighted by atomic mass is 9.97. The third-order valence-electron chi connectivity index (χ3n) is 5.69. The van der Waals surface area contributed by atoms with Crippen LogP contribution in [0.5, 0.6) is 0 Å². The summed E-state index contributed by atoms with van der Waals surface area (Å²) in [7, 11) is 0. The van der Waals surface area contributed by atoms with Crippen LogP contribution in [-0.4, -0.2) is 75.2 Å². The molecule has 2 aromatic heterocycles. The minimum Gasteiger partial charge on any atom is -0.443 e. The molecule has 35 heavy (non-hydrogen) atoms. The smallest absolute Gasteiger partial charge is 0.434 e. The second kappa shape index (κ2) is 9.07. The van der Waals surface area contributed by atoms with Gasteiger partial charge in [-0.25, -0.2) is 19.7 Å². The number of alkyl halides is 3. The third-order valence-corrected chi connectivity index (χ3v) is 5.69. The van der Waals surface area contributed by atoms with Crippen molar-refractivity contribution in [3.05, 3.63) is 18.0 Å². The van der Waals surface area contributed by atoms with E-state index in [0.29, 0.717) is 26.3 Å². The van der Waals surface area contributed by atoms with Gasteiger partial charge in [0, 0.05) is 37.3 Å². The van der Waals surface area contributed by atoms with Gasteiger partial charge in [-0.05, 0) is 20.8 Å². The van der Waals surface area contributed by atoms with Gasteiger partial charge in [0.2, 0.25) is 11.9 Å². The summed E-state index contributed by atoms with van der Waals surface area (Å²) in [4.78, 5) is 31.7. The molecule has 190 valence electrons. The van der Waals surface area contributed by atoms with Gasteiger partial charge in [0.25, 0.3) is 0 Å². The van der Waals surface area contributed by atoms with Crippen molar-refractivity contribution in [1.82, 2.24) is 19.9 Å². The number of nitrogens with zero attached hydrogens (tertiary/aromatic N) is 6. The first-order valence-corrected chi connectivity index (χ1v) is 11.0. The van der Waals surface area contributed by atoms with Crippen LogP contribution in [0.4, 0.5) is 35.7 Å². The Labute approximate surface area is 199 Å². The van der Waals surface area contributed by atoms with E-state index in [2.05, 4.69) is 19.9 Å².